The molecule has 0 heterocycles. The van der Waals surface area contributed by atoms with Gasteiger partial charge >= 0.3 is 5.97 Å². The van der Waals surface area contributed by atoms with E-state index in [4.69, 9.17) is 5.11 Å². The molecule has 0 spiro atoms. The third-order valence-corrected chi connectivity index (χ3v) is 4.58. The molecule has 0 aromatic heterocycles. The lowest BCUT2D eigenvalue weighted by Crippen LogP contribution is -2.19. The van der Waals surface area contributed by atoms with Crippen LogP contribution in [0.1, 0.15) is 60.8 Å². The second-order valence-electron chi connectivity index (χ2n) is 7.19. The van der Waals surface area contributed by atoms with Crippen molar-refractivity contribution in [2.24, 2.45) is 5.41 Å². The van der Waals surface area contributed by atoms with Crippen LogP contribution in [0.5, 0.6) is 0 Å². The fraction of sp³-hybridized carbons (Fsp3) is 0.476. The molecule has 2 nitrogen and oxygen atoms in total. The van der Waals surface area contributed by atoms with Gasteiger partial charge in [0.1, 0.15) is 0 Å². The Morgan fingerprint density at radius 2 is 1.83 bits per heavy atom. The highest BCUT2D eigenvalue weighted by atomic mass is 16.4. The van der Waals surface area contributed by atoms with Crippen LogP contribution in [-0.2, 0) is 4.79 Å². The first-order valence-corrected chi connectivity index (χ1v) is 8.28. The van der Waals surface area contributed by atoms with Crippen molar-refractivity contribution in [2.45, 2.75) is 60.8 Å². The fourth-order valence-electron chi connectivity index (χ4n) is 3.01. The number of allylic oxidation sites excluding steroid dienone is 9. The number of carbonyl (C=O) groups is 1. The van der Waals surface area contributed by atoms with Crippen molar-refractivity contribution in [3.8, 4) is 0 Å². The van der Waals surface area contributed by atoms with Crippen LogP contribution in [0.3, 0.4) is 0 Å². The zero-order chi connectivity index (χ0) is 17.6. The number of hydrogen-bond donors (Lipinski definition) is 1. The topological polar surface area (TPSA) is 37.3 Å². The highest BCUT2D eigenvalue weighted by molar-refractivity contribution is 5.81. The van der Waals surface area contributed by atoms with Gasteiger partial charge in [0.05, 0.1) is 0 Å². The van der Waals surface area contributed by atoms with E-state index in [1.165, 1.54) is 47.6 Å². The van der Waals surface area contributed by atoms with Crippen LogP contribution >= 0.6 is 0 Å². The minimum atomic E-state index is -0.911. The molecule has 0 fully saturated rings. The van der Waals surface area contributed by atoms with Crippen molar-refractivity contribution in [1.82, 2.24) is 0 Å². The summed E-state index contributed by atoms with van der Waals surface area (Å²) in [6.45, 7) is 12.9. The second-order valence-corrected chi connectivity index (χ2v) is 7.19. The monoisotopic (exact) mass is 314 g/mol. The minimum Gasteiger partial charge on any atom is -0.478 e. The summed E-state index contributed by atoms with van der Waals surface area (Å²) >= 11 is 0. The maximum absolute atomic E-state index is 10.6. The molecular formula is C21H30O2. The van der Waals surface area contributed by atoms with Gasteiger partial charge in [-0.3, -0.25) is 0 Å². The first-order valence-electron chi connectivity index (χ1n) is 8.28. The van der Waals surface area contributed by atoms with Gasteiger partial charge in [-0.25, -0.2) is 4.79 Å². The van der Waals surface area contributed by atoms with Crippen molar-refractivity contribution < 1.29 is 9.90 Å². The fourth-order valence-corrected chi connectivity index (χ4v) is 3.01. The number of carboxylic acids is 1. The molecule has 0 radical (unpaired) electrons. The van der Waals surface area contributed by atoms with E-state index in [1.54, 1.807) is 6.92 Å². The van der Waals surface area contributed by atoms with E-state index in [0.717, 1.165) is 5.57 Å². The zero-order valence-electron chi connectivity index (χ0n) is 15.4. The van der Waals surface area contributed by atoms with Crippen molar-refractivity contribution in [3.05, 3.63) is 58.2 Å². The van der Waals surface area contributed by atoms with E-state index in [2.05, 4.69) is 40.7 Å². The molecule has 0 aromatic carbocycles. The molecule has 1 aliphatic carbocycles. The zero-order valence-corrected chi connectivity index (χ0v) is 15.4. The summed E-state index contributed by atoms with van der Waals surface area (Å²) in [4.78, 5) is 10.6. The van der Waals surface area contributed by atoms with Gasteiger partial charge in [0.2, 0.25) is 0 Å². The molecule has 0 amide bonds. The number of carboxylic acid groups (broad SMARTS) is 1. The van der Waals surface area contributed by atoms with E-state index in [-0.39, 0.29) is 5.41 Å². The third kappa shape index (κ3) is 6.05. The Kier molecular flexibility index (Phi) is 6.80. The highest BCUT2D eigenvalue weighted by Gasteiger charge is 2.26. The SMILES string of the molecule is CC(C=CC=C(C)C(C)=CC1=C(C)CCCC1(C)C)=CC(=O)O. The molecule has 1 N–H and O–H groups in total. The summed E-state index contributed by atoms with van der Waals surface area (Å²) in [5, 5.41) is 8.70. The van der Waals surface area contributed by atoms with Crippen LogP contribution in [0.4, 0.5) is 0 Å². The lowest BCUT2D eigenvalue weighted by atomic mass is 9.72. The summed E-state index contributed by atoms with van der Waals surface area (Å²) < 4.78 is 0. The normalized spacial score (nSPS) is 20.3. The second kappa shape index (κ2) is 8.14. The Balaban J connectivity index is 2.95. The van der Waals surface area contributed by atoms with Crippen molar-refractivity contribution >= 4 is 5.97 Å². The summed E-state index contributed by atoms with van der Waals surface area (Å²) in [5.74, 6) is -0.911. The molecule has 2 heteroatoms. The number of aliphatic carboxylic acids is 1. The number of hydrogen-bond acceptors (Lipinski definition) is 1. The van der Waals surface area contributed by atoms with Crippen molar-refractivity contribution in [2.75, 3.05) is 0 Å². The third-order valence-electron chi connectivity index (χ3n) is 4.58. The average molecular weight is 314 g/mol. The number of rotatable bonds is 5. The summed E-state index contributed by atoms with van der Waals surface area (Å²) in [6, 6.07) is 0. The molecule has 0 saturated carbocycles. The Morgan fingerprint density at radius 3 is 2.39 bits per heavy atom. The Hall–Kier alpha value is -1.83. The van der Waals surface area contributed by atoms with Gasteiger partial charge in [0.25, 0.3) is 0 Å². The van der Waals surface area contributed by atoms with E-state index in [1.807, 2.05) is 18.2 Å². The van der Waals surface area contributed by atoms with E-state index in [9.17, 15) is 4.79 Å². The maximum Gasteiger partial charge on any atom is 0.328 e. The predicted octanol–water partition coefficient (Wildman–Crippen LogP) is 5.99. The van der Waals surface area contributed by atoms with Gasteiger partial charge < -0.3 is 5.11 Å². The molecule has 1 aliphatic rings. The molecule has 0 atom stereocenters. The first kappa shape index (κ1) is 19.2. The van der Waals surface area contributed by atoms with Gasteiger partial charge in [-0.15, -0.1) is 0 Å². The van der Waals surface area contributed by atoms with Gasteiger partial charge in [0, 0.05) is 6.08 Å². The predicted molar refractivity (Wildman–Crippen MR) is 98.4 cm³/mol. The smallest absolute Gasteiger partial charge is 0.328 e. The molecule has 1 rings (SSSR count). The molecule has 0 bridgehead atoms. The van der Waals surface area contributed by atoms with Gasteiger partial charge in [0.15, 0.2) is 0 Å². The van der Waals surface area contributed by atoms with Crippen LogP contribution in [0.2, 0.25) is 0 Å². The molecule has 126 valence electrons. The molecule has 0 unspecified atom stereocenters. The van der Waals surface area contributed by atoms with E-state index < -0.39 is 5.97 Å². The first-order chi connectivity index (χ1) is 10.6. The standard InChI is InChI=1S/C21H30O2/c1-15(13-20(22)23)9-7-10-16(2)18(4)14-19-17(3)11-8-12-21(19,5)6/h7,9-10,13-14H,8,11-12H2,1-6H3,(H,22,23). The summed E-state index contributed by atoms with van der Waals surface area (Å²) in [5.41, 5.74) is 6.42. The molecule has 0 aromatic rings. The van der Waals surface area contributed by atoms with E-state index >= 15 is 0 Å². The Morgan fingerprint density at radius 1 is 1.17 bits per heavy atom. The summed E-state index contributed by atoms with van der Waals surface area (Å²) in [7, 11) is 0. The van der Waals surface area contributed by atoms with Crippen LogP contribution in [-0.4, -0.2) is 11.1 Å². The van der Waals surface area contributed by atoms with Crippen LogP contribution in [0.15, 0.2) is 58.2 Å². The van der Waals surface area contributed by atoms with Crippen LogP contribution in [0.25, 0.3) is 0 Å². The van der Waals surface area contributed by atoms with Gasteiger partial charge in [-0.2, -0.15) is 0 Å². The van der Waals surface area contributed by atoms with Crippen LogP contribution < -0.4 is 0 Å². The van der Waals surface area contributed by atoms with Crippen molar-refractivity contribution in [3.63, 3.8) is 0 Å². The summed E-state index contributed by atoms with van der Waals surface area (Å²) in [6.07, 6.45) is 13.0. The minimum absolute atomic E-state index is 0.251. The lowest BCUT2D eigenvalue weighted by molar-refractivity contribution is -0.131. The maximum atomic E-state index is 10.6. The molecule has 23 heavy (non-hydrogen) atoms. The molecular weight excluding hydrogens is 284 g/mol. The Bertz CT molecular complexity index is 608. The lowest BCUT2D eigenvalue weighted by Gasteiger charge is -2.33. The van der Waals surface area contributed by atoms with Crippen LogP contribution in [0, 0.1) is 5.41 Å². The molecule has 0 aliphatic heterocycles. The molecule has 0 saturated heterocycles. The Labute approximate surface area is 141 Å². The van der Waals surface area contributed by atoms with E-state index in [0.29, 0.717) is 0 Å². The highest BCUT2D eigenvalue weighted by Crippen LogP contribution is 2.41. The quantitative estimate of drug-likeness (QED) is 0.499. The largest absolute Gasteiger partial charge is 0.478 e. The van der Waals surface area contributed by atoms with Gasteiger partial charge in [-0.05, 0) is 74.7 Å². The van der Waals surface area contributed by atoms with Crippen molar-refractivity contribution in [1.29, 1.82) is 0 Å². The average Bonchev–Trinajstić information content (AvgIpc) is 2.41. The van der Waals surface area contributed by atoms with Gasteiger partial charge in [-0.1, -0.05) is 43.7 Å².